The molecule has 1 amide bonds. The Hall–Kier alpha value is -4.01. The number of furan rings is 1. The summed E-state index contributed by atoms with van der Waals surface area (Å²) in [4.78, 5) is 32.0. The molecule has 0 saturated carbocycles. The molecule has 172 valence electrons. The van der Waals surface area contributed by atoms with Gasteiger partial charge in [0.15, 0.2) is 23.0 Å². The molecule has 0 fully saturated rings. The van der Waals surface area contributed by atoms with Crippen LogP contribution in [0.15, 0.2) is 64.8 Å². The van der Waals surface area contributed by atoms with Gasteiger partial charge in [-0.15, -0.1) is 0 Å². The average Bonchev–Trinajstić information content (AvgIpc) is 3.55. The van der Waals surface area contributed by atoms with Crippen LogP contribution in [0.1, 0.15) is 34.3 Å². The summed E-state index contributed by atoms with van der Waals surface area (Å²) in [6.07, 6.45) is 5.79. The smallest absolute Gasteiger partial charge is 0.290 e. The van der Waals surface area contributed by atoms with Gasteiger partial charge in [-0.1, -0.05) is 12.1 Å². The summed E-state index contributed by atoms with van der Waals surface area (Å²) in [5, 5.41) is 10.8. The van der Waals surface area contributed by atoms with E-state index in [0.29, 0.717) is 42.3 Å². The lowest BCUT2D eigenvalue weighted by Gasteiger charge is -2.28. The van der Waals surface area contributed by atoms with Gasteiger partial charge in [-0.05, 0) is 31.5 Å². The quantitative estimate of drug-likeness (QED) is 0.497. The first kappa shape index (κ1) is 22.2. The Bertz CT molecular complexity index is 1190. The molecular formula is C24H25N3O6. The van der Waals surface area contributed by atoms with E-state index in [1.54, 1.807) is 43.7 Å². The zero-order valence-corrected chi connectivity index (χ0v) is 18.6. The molecule has 9 heteroatoms. The fourth-order valence-electron chi connectivity index (χ4n) is 4.10. The molecule has 1 aliphatic heterocycles. The van der Waals surface area contributed by atoms with Crippen LogP contribution in [0.4, 0.5) is 0 Å². The van der Waals surface area contributed by atoms with E-state index in [1.807, 2.05) is 10.8 Å². The van der Waals surface area contributed by atoms with Crippen molar-refractivity contribution in [3.05, 3.63) is 77.5 Å². The molecule has 4 rings (SSSR count). The van der Waals surface area contributed by atoms with Crippen molar-refractivity contribution in [3.8, 4) is 11.5 Å². The van der Waals surface area contributed by atoms with Gasteiger partial charge in [0.25, 0.3) is 5.91 Å². The van der Waals surface area contributed by atoms with E-state index in [4.69, 9.17) is 13.9 Å². The van der Waals surface area contributed by atoms with E-state index in [9.17, 15) is 14.7 Å². The number of aryl methyl sites for hydroxylation is 2. The van der Waals surface area contributed by atoms with E-state index in [1.165, 1.54) is 25.2 Å². The number of hydrogen-bond acceptors (Lipinski definition) is 7. The summed E-state index contributed by atoms with van der Waals surface area (Å²) in [6, 6.07) is 7.54. The molecule has 0 aliphatic carbocycles. The summed E-state index contributed by atoms with van der Waals surface area (Å²) in [7, 11) is 3.00. The standard InChI is InChI=1S/C24H25N3O6/c1-15-8-9-17(33-15)21(28)19-20(16-6-4-7-18(31-2)23(16)32-3)27(24(30)22(19)29)12-5-11-26-13-10-25-14-26/h4,6-10,13-14,20,29H,5,11-12H2,1-3H3. The number of aliphatic hydroxyl groups is 1. The number of nitrogens with zero attached hydrogens (tertiary/aromatic N) is 3. The molecule has 0 bridgehead atoms. The number of benzene rings is 1. The van der Waals surface area contributed by atoms with Gasteiger partial charge in [-0.2, -0.15) is 0 Å². The highest BCUT2D eigenvalue weighted by atomic mass is 16.5. The summed E-state index contributed by atoms with van der Waals surface area (Å²) >= 11 is 0. The largest absolute Gasteiger partial charge is 0.503 e. The summed E-state index contributed by atoms with van der Waals surface area (Å²) in [5.74, 6) is -0.333. The molecule has 1 N–H and O–H groups in total. The van der Waals surface area contributed by atoms with Crippen molar-refractivity contribution < 1.29 is 28.6 Å². The zero-order chi connectivity index (χ0) is 23.5. The fraction of sp³-hybridized carbons (Fsp3) is 0.292. The molecule has 1 atom stereocenters. The number of hydrogen-bond donors (Lipinski definition) is 1. The molecule has 0 spiro atoms. The molecule has 9 nitrogen and oxygen atoms in total. The Morgan fingerprint density at radius 2 is 2.00 bits per heavy atom. The first-order chi connectivity index (χ1) is 16.0. The lowest BCUT2D eigenvalue weighted by atomic mass is 9.94. The maximum Gasteiger partial charge on any atom is 0.290 e. The Kier molecular flexibility index (Phi) is 6.21. The van der Waals surface area contributed by atoms with E-state index < -0.39 is 23.5 Å². The normalized spacial score (nSPS) is 15.9. The number of rotatable bonds is 9. The molecule has 1 aromatic carbocycles. The zero-order valence-electron chi connectivity index (χ0n) is 18.6. The number of aliphatic hydroxyl groups excluding tert-OH is 1. The predicted molar refractivity (Wildman–Crippen MR) is 118 cm³/mol. The van der Waals surface area contributed by atoms with E-state index in [-0.39, 0.29) is 11.3 Å². The van der Waals surface area contributed by atoms with Gasteiger partial charge in [0, 0.05) is 31.0 Å². The third-order valence-corrected chi connectivity index (χ3v) is 5.61. The van der Waals surface area contributed by atoms with Crippen LogP contribution in [0, 0.1) is 6.92 Å². The monoisotopic (exact) mass is 451 g/mol. The summed E-state index contributed by atoms with van der Waals surface area (Å²) < 4.78 is 18.4. The molecule has 0 saturated heterocycles. The number of ether oxygens (including phenoxy) is 2. The van der Waals surface area contributed by atoms with Crippen molar-refractivity contribution in [2.24, 2.45) is 0 Å². The second-order valence-electron chi connectivity index (χ2n) is 7.64. The molecule has 3 heterocycles. The van der Waals surface area contributed by atoms with Crippen molar-refractivity contribution in [3.63, 3.8) is 0 Å². The Labute approximate surface area is 190 Å². The van der Waals surface area contributed by atoms with Crippen LogP contribution in [-0.2, 0) is 11.3 Å². The van der Waals surface area contributed by atoms with Gasteiger partial charge in [0.1, 0.15) is 5.76 Å². The highest BCUT2D eigenvalue weighted by Gasteiger charge is 2.45. The average molecular weight is 451 g/mol. The van der Waals surface area contributed by atoms with Gasteiger partial charge < -0.3 is 28.5 Å². The Morgan fingerprint density at radius 1 is 1.18 bits per heavy atom. The van der Waals surface area contributed by atoms with Crippen LogP contribution >= 0.6 is 0 Å². The van der Waals surface area contributed by atoms with Crippen molar-refractivity contribution in [1.29, 1.82) is 0 Å². The van der Waals surface area contributed by atoms with Crippen LogP contribution in [-0.4, -0.2) is 52.0 Å². The first-order valence-electron chi connectivity index (χ1n) is 10.5. The van der Waals surface area contributed by atoms with Crippen LogP contribution in [0.3, 0.4) is 0 Å². The van der Waals surface area contributed by atoms with Crippen LogP contribution < -0.4 is 9.47 Å². The summed E-state index contributed by atoms with van der Waals surface area (Å²) in [6.45, 7) is 2.63. The number of methoxy groups -OCH3 is 2. The summed E-state index contributed by atoms with van der Waals surface area (Å²) in [5.41, 5.74) is 0.479. The van der Waals surface area contributed by atoms with Crippen molar-refractivity contribution in [2.75, 3.05) is 20.8 Å². The highest BCUT2D eigenvalue weighted by Crippen LogP contribution is 2.45. The number of amides is 1. The van der Waals surface area contributed by atoms with E-state index in [2.05, 4.69) is 4.98 Å². The minimum Gasteiger partial charge on any atom is -0.503 e. The van der Waals surface area contributed by atoms with Crippen molar-refractivity contribution >= 4 is 11.7 Å². The predicted octanol–water partition coefficient (Wildman–Crippen LogP) is 3.47. The number of carbonyl (C=O) groups is 2. The van der Waals surface area contributed by atoms with E-state index >= 15 is 0 Å². The molecule has 1 unspecified atom stereocenters. The molecular weight excluding hydrogens is 426 g/mol. The molecule has 1 aliphatic rings. The maximum atomic E-state index is 13.4. The van der Waals surface area contributed by atoms with Crippen molar-refractivity contribution in [2.45, 2.75) is 25.9 Å². The Morgan fingerprint density at radius 3 is 2.64 bits per heavy atom. The van der Waals surface area contributed by atoms with E-state index in [0.717, 1.165) is 0 Å². The molecule has 33 heavy (non-hydrogen) atoms. The SMILES string of the molecule is COc1cccc(C2C(C(=O)c3ccc(C)o3)=C(O)C(=O)N2CCCn2ccnc2)c1OC. The lowest BCUT2D eigenvalue weighted by Crippen LogP contribution is -2.32. The van der Waals surface area contributed by atoms with Crippen LogP contribution in [0.5, 0.6) is 11.5 Å². The molecule has 2 aromatic heterocycles. The minimum atomic E-state index is -0.872. The van der Waals surface area contributed by atoms with Crippen LogP contribution in [0.2, 0.25) is 0 Å². The maximum absolute atomic E-state index is 13.4. The second kappa shape index (κ2) is 9.23. The number of carbonyl (C=O) groups excluding carboxylic acids is 2. The first-order valence-corrected chi connectivity index (χ1v) is 10.5. The second-order valence-corrected chi connectivity index (χ2v) is 7.64. The topological polar surface area (TPSA) is 107 Å². The van der Waals surface area contributed by atoms with Gasteiger partial charge in [0.2, 0.25) is 5.78 Å². The fourth-order valence-corrected chi connectivity index (χ4v) is 4.10. The van der Waals surface area contributed by atoms with Gasteiger partial charge in [-0.25, -0.2) is 4.98 Å². The number of Topliss-reactive ketones (excluding diaryl/α,β-unsaturated/α-hetero) is 1. The third-order valence-electron chi connectivity index (χ3n) is 5.61. The molecule has 3 aromatic rings. The Balaban J connectivity index is 1.76. The lowest BCUT2D eigenvalue weighted by molar-refractivity contribution is -0.129. The number of aromatic nitrogens is 2. The number of imidazole rings is 1. The van der Waals surface area contributed by atoms with Crippen molar-refractivity contribution in [1.82, 2.24) is 14.5 Å². The van der Waals surface area contributed by atoms with Gasteiger partial charge >= 0.3 is 0 Å². The number of para-hydroxylation sites is 1. The minimum absolute atomic E-state index is 0.0500. The van der Waals surface area contributed by atoms with Gasteiger partial charge in [0.05, 0.1) is 32.2 Å². The van der Waals surface area contributed by atoms with Gasteiger partial charge in [-0.3, -0.25) is 9.59 Å². The number of ketones is 1. The highest BCUT2D eigenvalue weighted by molar-refractivity contribution is 6.15. The third kappa shape index (κ3) is 4.09. The van der Waals surface area contributed by atoms with Crippen LogP contribution in [0.25, 0.3) is 0 Å². The molecule has 0 radical (unpaired) electrons.